The van der Waals surface area contributed by atoms with Gasteiger partial charge in [0.2, 0.25) is 11.8 Å². The van der Waals surface area contributed by atoms with Gasteiger partial charge in [-0.3, -0.25) is 0 Å². The molecule has 0 unspecified atom stereocenters. The minimum absolute atomic E-state index is 0.320. The van der Waals surface area contributed by atoms with Crippen LogP contribution in [-0.2, 0) is 0 Å². The Labute approximate surface area is 144 Å². The number of rotatable bonds is 2. The Balaban J connectivity index is 0.000000150. The van der Waals surface area contributed by atoms with Gasteiger partial charge in [0.25, 0.3) is 0 Å². The molecule has 0 spiro atoms. The first-order chi connectivity index (χ1) is 12.2. The molecule has 2 aromatic heterocycles. The van der Waals surface area contributed by atoms with E-state index < -0.39 is 0 Å². The lowest BCUT2D eigenvalue weighted by molar-refractivity contribution is 0.357. The van der Waals surface area contributed by atoms with Crippen molar-refractivity contribution in [2.45, 2.75) is 0 Å². The third-order valence-electron chi connectivity index (χ3n) is 3.43. The molecular formula is C18H17N5O2. The van der Waals surface area contributed by atoms with Gasteiger partial charge in [0.15, 0.2) is 0 Å². The van der Waals surface area contributed by atoms with Crippen molar-refractivity contribution in [2.24, 2.45) is 0 Å². The first-order valence-corrected chi connectivity index (χ1v) is 7.53. The predicted molar refractivity (Wildman–Crippen MR) is 96.6 cm³/mol. The van der Waals surface area contributed by atoms with E-state index in [-0.39, 0.29) is 0 Å². The van der Waals surface area contributed by atoms with Gasteiger partial charge in [0.05, 0.1) is 30.6 Å². The van der Waals surface area contributed by atoms with E-state index in [1.807, 2.05) is 48.5 Å². The van der Waals surface area contributed by atoms with Crippen LogP contribution in [-0.4, -0.2) is 34.2 Å². The van der Waals surface area contributed by atoms with Crippen molar-refractivity contribution in [3.63, 3.8) is 0 Å². The fourth-order valence-electron chi connectivity index (χ4n) is 2.26. The summed E-state index contributed by atoms with van der Waals surface area (Å²) in [4.78, 5) is 16.2. The number of fused-ring (bicyclic) bond motifs is 2. The number of para-hydroxylation sites is 2. The van der Waals surface area contributed by atoms with E-state index in [2.05, 4.69) is 19.9 Å². The quantitative estimate of drug-likeness (QED) is 0.601. The van der Waals surface area contributed by atoms with E-state index >= 15 is 0 Å². The number of methoxy groups -OCH3 is 2. The summed E-state index contributed by atoms with van der Waals surface area (Å²) in [7, 11) is 3.11. The van der Waals surface area contributed by atoms with Crippen LogP contribution in [0.5, 0.6) is 11.9 Å². The normalized spacial score (nSPS) is 10.2. The Bertz CT molecular complexity index is 1010. The maximum Gasteiger partial charge on any atom is 0.320 e. The number of aromatic nitrogens is 4. The van der Waals surface area contributed by atoms with Crippen molar-refractivity contribution in [3.05, 3.63) is 54.7 Å². The second kappa shape index (κ2) is 7.39. The third-order valence-corrected chi connectivity index (χ3v) is 3.43. The van der Waals surface area contributed by atoms with Gasteiger partial charge in [-0.15, -0.1) is 0 Å². The summed E-state index contributed by atoms with van der Waals surface area (Å²) in [5.74, 6) is 0.858. The Morgan fingerprint density at radius 2 is 1.52 bits per heavy atom. The van der Waals surface area contributed by atoms with E-state index in [1.165, 1.54) is 7.11 Å². The van der Waals surface area contributed by atoms with Crippen molar-refractivity contribution in [3.8, 4) is 11.9 Å². The number of ether oxygens (including phenoxy) is 2. The highest BCUT2D eigenvalue weighted by atomic mass is 16.5. The molecule has 0 fully saturated rings. The standard InChI is InChI=1S/C10H10N2O2.C8H7N3/c1-13-9-7-5-3-4-6-8(7)11-10(12-9)14-2;9-8-10-5-6-3-1-2-4-7(6)11-8/h3-6H,1-2H3;1-5H,(H2,9,10,11). The summed E-state index contributed by atoms with van der Waals surface area (Å²) in [5.41, 5.74) is 7.11. The summed E-state index contributed by atoms with van der Waals surface area (Å²) in [6.07, 6.45) is 1.72. The Hall–Kier alpha value is -3.48. The molecule has 0 aliphatic carbocycles. The van der Waals surface area contributed by atoms with Crippen LogP contribution in [0.3, 0.4) is 0 Å². The van der Waals surface area contributed by atoms with Crippen LogP contribution in [0.25, 0.3) is 21.8 Å². The van der Waals surface area contributed by atoms with Gasteiger partial charge in [-0.1, -0.05) is 30.3 Å². The summed E-state index contributed by atoms with van der Waals surface area (Å²) in [5, 5.41) is 1.90. The minimum Gasteiger partial charge on any atom is -0.480 e. The summed E-state index contributed by atoms with van der Waals surface area (Å²) in [6.45, 7) is 0. The summed E-state index contributed by atoms with van der Waals surface area (Å²) >= 11 is 0. The first-order valence-electron chi connectivity index (χ1n) is 7.53. The lowest BCUT2D eigenvalue weighted by Crippen LogP contribution is -1.96. The fourth-order valence-corrected chi connectivity index (χ4v) is 2.26. The average Bonchev–Trinajstić information content (AvgIpc) is 2.67. The van der Waals surface area contributed by atoms with Crippen LogP contribution >= 0.6 is 0 Å². The zero-order valence-corrected chi connectivity index (χ0v) is 13.9. The first kappa shape index (κ1) is 16.4. The van der Waals surface area contributed by atoms with Crippen molar-refractivity contribution in [1.29, 1.82) is 0 Å². The Morgan fingerprint density at radius 1 is 0.800 bits per heavy atom. The smallest absolute Gasteiger partial charge is 0.320 e. The number of nitrogens with zero attached hydrogens (tertiary/aromatic N) is 4. The highest BCUT2D eigenvalue weighted by Gasteiger charge is 2.06. The molecule has 0 atom stereocenters. The summed E-state index contributed by atoms with van der Waals surface area (Å²) in [6, 6.07) is 15.7. The van der Waals surface area contributed by atoms with Crippen LogP contribution < -0.4 is 15.2 Å². The molecule has 0 saturated heterocycles. The van der Waals surface area contributed by atoms with Gasteiger partial charge in [-0.05, 0) is 18.2 Å². The molecule has 2 N–H and O–H groups in total. The van der Waals surface area contributed by atoms with Crippen LogP contribution in [0.1, 0.15) is 0 Å². The van der Waals surface area contributed by atoms with Crippen LogP contribution in [0, 0.1) is 0 Å². The minimum atomic E-state index is 0.320. The van der Waals surface area contributed by atoms with Gasteiger partial charge in [0.1, 0.15) is 0 Å². The maximum absolute atomic E-state index is 5.40. The number of benzene rings is 2. The number of nitrogens with two attached hydrogens (primary N) is 1. The van der Waals surface area contributed by atoms with E-state index in [9.17, 15) is 0 Å². The molecule has 0 aliphatic heterocycles. The second-order valence-electron chi connectivity index (χ2n) is 5.02. The van der Waals surface area contributed by atoms with Gasteiger partial charge in [-0.2, -0.15) is 9.97 Å². The largest absolute Gasteiger partial charge is 0.480 e. The molecule has 0 radical (unpaired) electrons. The molecule has 25 heavy (non-hydrogen) atoms. The zero-order chi connectivity index (χ0) is 17.6. The molecule has 0 bridgehead atoms. The molecule has 0 amide bonds. The predicted octanol–water partition coefficient (Wildman–Crippen LogP) is 2.86. The number of hydrogen-bond acceptors (Lipinski definition) is 7. The number of nitrogen functional groups attached to an aromatic ring is 1. The Kier molecular flexibility index (Phi) is 4.84. The lowest BCUT2D eigenvalue weighted by atomic mass is 10.2. The fraction of sp³-hybridized carbons (Fsp3) is 0.111. The van der Waals surface area contributed by atoms with Gasteiger partial charge < -0.3 is 15.2 Å². The van der Waals surface area contributed by atoms with E-state index in [0.29, 0.717) is 17.8 Å². The van der Waals surface area contributed by atoms with E-state index in [1.54, 1.807) is 13.3 Å². The van der Waals surface area contributed by atoms with E-state index in [4.69, 9.17) is 15.2 Å². The zero-order valence-electron chi connectivity index (χ0n) is 13.9. The molecule has 2 heterocycles. The number of anilines is 1. The molecule has 4 aromatic rings. The van der Waals surface area contributed by atoms with Crippen LogP contribution in [0.15, 0.2) is 54.7 Å². The van der Waals surface area contributed by atoms with Gasteiger partial charge in [-0.25, -0.2) is 9.97 Å². The van der Waals surface area contributed by atoms with Gasteiger partial charge >= 0.3 is 6.01 Å². The van der Waals surface area contributed by atoms with Crippen LogP contribution in [0.2, 0.25) is 0 Å². The second-order valence-corrected chi connectivity index (χ2v) is 5.02. The molecule has 126 valence electrons. The van der Waals surface area contributed by atoms with Crippen molar-refractivity contribution >= 4 is 27.8 Å². The van der Waals surface area contributed by atoms with Crippen LogP contribution in [0.4, 0.5) is 5.95 Å². The van der Waals surface area contributed by atoms with Crippen molar-refractivity contribution in [1.82, 2.24) is 19.9 Å². The molecular weight excluding hydrogens is 318 g/mol. The molecule has 0 saturated carbocycles. The number of hydrogen-bond donors (Lipinski definition) is 1. The monoisotopic (exact) mass is 335 g/mol. The van der Waals surface area contributed by atoms with Crippen molar-refractivity contribution < 1.29 is 9.47 Å². The third kappa shape index (κ3) is 3.72. The van der Waals surface area contributed by atoms with E-state index in [0.717, 1.165) is 21.8 Å². The molecule has 2 aromatic carbocycles. The lowest BCUT2D eigenvalue weighted by Gasteiger charge is -2.05. The van der Waals surface area contributed by atoms with Gasteiger partial charge in [0, 0.05) is 11.6 Å². The topological polar surface area (TPSA) is 96.0 Å². The maximum atomic E-state index is 5.40. The Morgan fingerprint density at radius 3 is 2.28 bits per heavy atom. The molecule has 0 aliphatic rings. The summed E-state index contributed by atoms with van der Waals surface area (Å²) < 4.78 is 10.1. The molecule has 7 nitrogen and oxygen atoms in total. The van der Waals surface area contributed by atoms with Crippen molar-refractivity contribution in [2.75, 3.05) is 20.0 Å². The highest BCUT2D eigenvalue weighted by Crippen LogP contribution is 2.23. The molecule has 7 heteroatoms. The highest BCUT2D eigenvalue weighted by molar-refractivity contribution is 5.83. The molecule has 4 rings (SSSR count). The average molecular weight is 335 g/mol. The SMILES string of the molecule is COc1nc(OC)c2ccccc2n1.Nc1ncc2ccccc2n1.